The van der Waals surface area contributed by atoms with Crippen LogP contribution in [0, 0.1) is 5.82 Å². The van der Waals surface area contributed by atoms with E-state index in [0.717, 1.165) is 38.4 Å². The number of carbonyl (C=O) groups is 2. The highest BCUT2D eigenvalue weighted by Gasteiger charge is 2.17. The van der Waals surface area contributed by atoms with Crippen LogP contribution >= 0.6 is 11.6 Å². The van der Waals surface area contributed by atoms with Crippen LogP contribution < -0.4 is 5.32 Å². The maximum atomic E-state index is 13.5. The minimum absolute atomic E-state index is 0.0292. The fraction of sp³-hybridized carbons (Fsp3) is 0.467. The summed E-state index contributed by atoms with van der Waals surface area (Å²) in [5.74, 6) is -1.15. The van der Waals surface area contributed by atoms with Gasteiger partial charge in [0.05, 0.1) is 5.56 Å². The molecule has 1 aromatic rings. The monoisotopic (exact) mass is 312 g/mol. The number of hydrogen-bond donors (Lipinski definition) is 1. The standard InChI is InChI=1S/C15H18ClFN2O2/c16-11-4-5-13(17)12(10-11)15(21)18-7-6-14(20)19-8-2-1-3-9-19/h4-5,10H,1-3,6-9H2,(H,18,21). The molecule has 1 aliphatic heterocycles. The molecule has 0 aromatic heterocycles. The molecule has 2 amide bonds. The molecular weight excluding hydrogens is 295 g/mol. The summed E-state index contributed by atoms with van der Waals surface area (Å²) >= 11 is 5.74. The van der Waals surface area contributed by atoms with Gasteiger partial charge in [-0.3, -0.25) is 9.59 Å². The molecule has 1 N–H and O–H groups in total. The number of benzene rings is 1. The third kappa shape index (κ3) is 4.43. The molecule has 1 saturated heterocycles. The Hall–Kier alpha value is -1.62. The first-order chi connectivity index (χ1) is 10.1. The highest BCUT2D eigenvalue weighted by Crippen LogP contribution is 2.14. The van der Waals surface area contributed by atoms with Crippen LogP contribution in [0.5, 0.6) is 0 Å². The molecule has 0 aliphatic carbocycles. The first-order valence-corrected chi connectivity index (χ1v) is 7.47. The van der Waals surface area contributed by atoms with Crippen molar-refractivity contribution >= 4 is 23.4 Å². The predicted molar refractivity (Wildman–Crippen MR) is 78.8 cm³/mol. The highest BCUT2D eigenvalue weighted by molar-refractivity contribution is 6.31. The summed E-state index contributed by atoms with van der Waals surface area (Å²) in [4.78, 5) is 25.6. The van der Waals surface area contributed by atoms with Gasteiger partial charge in [0.15, 0.2) is 0 Å². The summed E-state index contributed by atoms with van der Waals surface area (Å²) in [6.45, 7) is 1.77. The lowest BCUT2D eigenvalue weighted by atomic mass is 10.1. The van der Waals surface area contributed by atoms with E-state index in [0.29, 0.717) is 5.02 Å². The first kappa shape index (κ1) is 15.8. The molecule has 1 aliphatic rings. The molecule has 0 atom stereocenters. The van der Waals surface area contributed by atoms with Gasteiger partial charge in [0, 0.05) is 31.1 Å². The minimum atomic E-state index is -0.626. The van der Waals surface area contributed by atoms with E-state index in [-0.39, 0.29) is 24.4 Å². The van der Waals surface area contributed by atoms with Gasteiger partial charge >= 0.3 is 0 Å². The van der Waals surface area contributed by atoms with Crippen molar-refractivity contribution in [3.8, 4) is 0 Å². The number of carbonyl (C=O) groups excluding carboxylic acids is 2. The molecule has 6 heteroatoms. The molecule has 1 fully saturated rings. The maximum absolute atomic E-state index is 13.5. The van der Waals surface area contributed by atoms with Gasteiger partial charge in [-0.15, -0.1) is 0 Å². The summed E-state index contributed by atoms with van der Waals surface area (Å²) in [5.41, 5.74) is -0.104. The van der Waals surface area contributed by atoms with Crippen molar-refractivity contribution < 1.29 is 14.0 Å². The Labute approximate surface area is 128 Å². The lowest BCUT2D eigenvalue weighted by Gasteiger charge is -2.26. The Bertz CT molecular complexity index is 530. The summed E-state index contributed by atoms with van der Waals surface area (Å²) < 4.78 is 13.5. The van der Waals surface area contributed by atoms with Gasteiger partial charge < -0.3 is 10.2 Å². The molecular formula is C15H18ClFN2O2. The largest absolute Gasteiger partial charge is 0.351 e. The van der Waals surface area contributed by atoms with Crippen LogP contribution in [0.15, 0.2) is 18.2 Å². The van der Waals surface area contributed by atoms with Crippen molar-refractivity contribution in [1.29, 1.82) is 0 Å². The number of rotatable bonds is 4. The lowest BCUT2D eigenvalue weighted by Crippen LogP contribution is -2.37. The van der Waals surface area contributed by atoms with Crippen LogP contribution in [0.1, 0.15) is 36.0 Å². The van der Waals surface area contributed by atoms with Crippen molar-refractivity contribution in [3.05, 3.63) is 34.6 Å². The smallest absolute Gasteiger partial charge is 0.254 e. The summed E-state index contributed by atoms with van der Waals surface area (Å²) in [6.07, 6.45) is 3.46. The molecule has 1 aromatic carbocycles. The van der Waals surface area contributed by atoms with Gasteiger partial charge in [-0.25, -0.2) is 4.39 Å². The second-order valence-corrected chi connectivity index (χ2v) is 5.51. The number of piperidine rings is 1. The Morgan fingerprint density at radius 2 is 1.95 bits per heavy atom. The lowest BCUT2D eigenvalue weighted by molar-refractivity contribution is -0.131. The number of amides is 2. The zero-order valence-corrected chi connectivity index (χ0v) is 12.5. The normalized spacial score (nSPS) is 14.9. The Kier molecular flexibility index (Phi) is 5.56. The first-order valence-electron chi connectivity index (χ1n) is 7.09. The fourth-order valence-corrected chi connectivity index (χ4v) is 2.52. The molecule has 4 nitrogen and oxygen atoms in total. The molecule has 0 bridgehead atoms. The van der Waals surface area contributed by atoms with Crippen LogP contribution in [-0.2, 0) is 4.79 Å². The molecule has 114 valence electrons. The summed E-state index contributed by atoms with van der Waals surface area (Å²) in [6, 6.07) is 3.81. The van der Waals surface area contributed by atoms with E-state index >= 15 is 0 Å². The Morgan fingerprint density at radius 1 is 1.24 bits per heavy atom. The molecule has 2 rings (SSSR count). The van der Waals surface area contributed by atoms with Gasteiger partial charge in [-0.2, -0.15) is 0 Å². The highest BCUT2D eigenvalue weighted by atomic mass is 35.5. The van der Waals surface area contributed by atoms with E-state index in [1.54, 1.807) is 0 Å². The molecule has 0 unspecified atom stereocenters. The fourth-order valence-electron chi connectivity index (χ4n) is 2.35. The molecule has 21 heavy (non-hydrogen) atoms. The molecule has 0 saturated carbocycles. The maximum Gasteiger partial charge on any atom is 0.254 e. The van der Waals surface area contributed by atoms with E-state index in [9.17, 15) is 14.0 Å². The second-order valence-electron chi connectivity index (χ2n) is 5.07. The predicted octanol–water partition coefficient (Wildman–Crippen LogP) is 2.61. The van der Waals surface area contributed by atoms with Crippen LogP contribution in [-0.4, -0.2) is 36.3 Å². The minimum Gasteiger partial charge on any atom is -0.351 e. The zero-order valence-electron chi connectivity index (χ0n) is 11.7. The third-order valence-corrected chi connectivity index (χ3v) is 3.74. The topological polar surface area (TPSA) is 49.4 Å². The van der Waals surface area contributed by atoms with Gasteiger partial charge in [0.2, 0.25) is 5.91 Å². The van der Waals surface area contributed by atoms with Gasteiger partial charge in [0.25, 0.3) is 5.91 Å². The van der Waals surface area contributed by atoms with E-state index in [1.165, 1.54) is 12.1 Å². The average Bonchev–Trinajstić information content (AvgIpc) is 2.50. The summed E-state index contributed by atoms with van der Waals surface area (Å²) in [7, 11) is 0. The van der Waals surface area contributed by atoms with Gasteiger partial charge in [-0.05, 0) is 37.5 Å². The average molecular weight is 313 g/mol. The number of hydrogen-bond acceptors (Lipinski definition) is 2. The zero-order chi connectivity index (χ0) is 15.2. The molecule has 0 spiro atoms. The van der Waals surface area contributed by atoms with Crippen molar-refractivity contribution in [2.45, 2.75) is 25.7 Å². The number of halogens is 2. The second kappa shape index (κ2) is 7.41. The van der Waals surface area contributed by atoms with E-state index in [4.69, 9.17) is 11.6 Å². The number of nitrogens with one attached hydrogen (secondary N) is 1. The molecule has 1 heterocycles. The van der Waals surface area contributed by atoms with Gasteiger partial charge in [0.1, 0.15) is 5.82 Å². The van der Waals surface area contributed by atoms with Crippen molar-refractivity contribution in [2.75, 3.05) is 19.6 Å². The summed E-state index contributed by atoms with van der Waals surface area (Å²) in [5, 5.41) is 2.85. The van der Waals surface area contributed by atoms with Crippen molar-refractivity contribution in [2.24, 2.45) is 0 Å². The molecule has 0 radical (unpaired) electrons. The van der Waals surface area contributed by atoms with Crippen LogP contribution in [0.2, 0.25) is 5.02 Å². The van der Waals surface area contributed by atoms with Crippen LogP contribution in [0.4, 0.5) is 4.39 Å². The van der Waals surface area contributed by atoms with Crippen molar-refractivity contribution in [3.63, 3.8) is 0 Å². The van der Waals surface area contributed by atoms with E-state index < -0.39 is 11.7 Å². The Balaban J connectivity index is 1.81. The van der Waals surface area contributed by atoms with Crippen LogP contribution in [0.3, 0.4) is 0 Å². The van der Waals surface area contributed by atoms with Gasteiger partial charge in [-0.1, -0.05) is 11.6 Å². The number of likely N-dealkylation sites (tertiary alicyclic amines) is 1. The Morgan fingerprint density at radius 3 is 2.67 bits per heavy atom. The quantitative estimate of drug-likeness (QED) is 0.929. The third-order valence-electron chi connectivity index (χ3n) is 3.51. The van der Waals surface area contributed by atoms with Crippen molar-refractivity contribution in [1.82, 2.24) is 10.2 Å². The SMILES string of the molecule is O=C(NCCC(=O)N1CCCCC1)c1cc(Cl)ccc1F. The number of nitrogens with zero attached hydrogens (tertiary/aromatic N) is 1. The van der Waals surface area contributed by atoms with E-state index in [1.807, 2.05) is 4.90 Å². The van der Waals surface area contributed by atoms with E-state index in [2.05, 4.69) is 5.32 Å². The van der Waals surface area contributed by atoms with Crippen LogP contribution in [0.25, 0.3) is 0 Å².